The predicted octanol–water partition coefficient (Wildman–Crippen LogP) is 3.38. The SMILES string of the molecule is Cc1ccc(-n2nc(C(=O)NC(C)c3ccccc3)c(=O)n(Cc3ccccc3)c2=O)cc1F. The van der Waals surface area contributed by atoms with Crippen LogP contribution in [0.15, 0.2) is 88.5 Å². The maximum Gasteiger partial charge on any atom is 0.352 e. The minimum Gasteiger partial charge on any atom is -0.344 e. The number of nitrogens with one attached hydrogen (secondary N) is 1. The Morgan fingerprint density at radius 3 is 2.29 bits per heavy atom. The van der Waals surface area contributed by atoms with Crippen LogP contribution in [0.2, 0.25) is 0 Å². The second-order valence-corrected chi connectivity index (χ2v) is 7.96. The molecule has 1 atom stereocenters. The number of carbonyl (C=O) groups excluding carboxylic acids is 1. The van der Waals surface area contributed by atoms with Crippen LogP contribution in [0.5, 0.6) is 0 Å². The topological polar surface area (TPSA) is 86.0 Å². The van der Waals surface area contributed by atoms with Gasteiger partial charge in [0.2, 0.25) is 5.69 Å². The number of rotatable bonds is 6. The number of amides is 1. The number of carbonyl (C=O) groups is 1. The van der Waals surface area contributed by atoms with E-state index in [1.165, 1.54) is 12.1 Å². The highest BCUT2D eigenvalue weighted by molar-refractivity contribution is 5.92. The van der Waals surface area contributed by atoms with E-state index in [9.17, 15) is 18.8 Å². The minimum atomic E-state index is -0.824. The fourth-order valence-electron chi connectivity index (χ4n) is 3.53. The molecule has 0 aliphatic heterocycles. The lowest BCUT2D eigenvalue weighted by molar-refractivity contribution is 0.0930. The Labute approximate surface area is 195 Å². The molecule has 1 amide bonds. The van der Waals surface area contributed by atoms with Gasteiger partial charge in [0.15, 0.2) is 0 Å². The van der Waals surface area contributed by atoms with Crippen LogP contribution in [-0.4, -0.2) is 20.3 Å². The van der Waals surface area contributed by atoms with Gasteiger partial charge in [-0.15, -0.1) is 0 Å². The molecule has 0 fully saturated rings. The summed E-state index contributed by atoms with van der Waals surface area (Å²) in [5.41, 5.74) is -0.0171. The van der Waals surface area contributed by atoms with Crippen molar-refractivity contribution in [1.29, 1.82) is 0 Å². The molecule has 0 saturated carbocycles. The highest BCUT2D eigenvalue weighted by Crippen LogP contribution is 2.13. The van der Waals surface area contributed by atoms with Crippen molar-refractivity contribution in [3.63, 3.8) is 0 Å². The van der Waals surface area contributed by atoms with Gasteiger partial charge in [-0.05, 0) is 36.6 Å². The van der Waals surface area contributed by atoms with Gasteiger partial charge in [0.05, 0.1) is 18.3 Å². The molecule has 1 N–H and O–H groups in total. The van der Waals surface area contributed by atoms with E-state index in [1.807, 2.05) is 36.4 Å². The lowest BCUT2D eigenvalue weighted by Crippen LogP contribution is -2.46. The van der Waals surface area contributed by atoms with E-state index in [2.05, 4.69) is 10.4 Å². The number of aryl methyl sites for hydroxylation is 1. The largest absolute Gasteiger partial charge is 0.352 e. The van der Waals surface area contributed by atoms with E-state index >= 15 is 0 Å². The number of hydrogen-bond donors (Lipinski definition) is 1. The van der Waals surface area contributed by atoms with Crippen LogP contribution in [0.25, 0.3) is 5.69 Å². The van der Waals surface area contributed by atoms with E-state index in [0.29, 0.717) is 11.1 Å². The van der Waals surface area contributed by atoms with Gasteiger partial charge in [-0.25, -0.2) is 9.18 Å². The van der Waals surface area contributed by atoms with E-state index in [0.717, 1.165) is 20.9 Å². The molecule has 3 aromatic carbocycles. The van der Waals surface area contributed by atoms with Crippen molar-refractivity contribution in [2.45, 2.75) is 26.4 Å². The van der Waals surface area contributed by atoms with Crippen molar-refractivity contribution in [3.8, 4) is 5.69 Å². The van der Waals surface area contributed by atoms with Crippen LogP contribution >= 0.6 is 0 Å². The normalized spacial score (nSPS) is 11.7. The maximum atomic E-state index is 14.3. The first kappa shape index (κ1) is 22.8. The van der Waals surface area contributed by atoms with Crippen LogP contribution in [-0.2, 0) is 6.54 Å². The minimum absolute atomic E-state index is 0.0656. The van der Waals surface area contributed by atoms with E-state index in [-0.39, 0.29) is 12.2 Å². The summed E-state index contributed by atoms with van der Waals surface area (Å²) in [6.07, 6.45) is 0. The molecule has 0 spiro atoms. The summed E-state index contributed by atoms with van der Waals surface area (Å²) in [6.45, 7) is 3.31. The molecule has 4 aromatic rings. The standard InChI is InChI=1S/C26H23FN4O3/c1-17-13-14-21(15-22(17)27)31-26(34)30(16-19-9-5-3-6-10-19)25(33)23(29-31)24(32)28-18(2)20-11-7-4-8-12-20/h3-15,18H,16H2,1-2H3,(H,28,32). The van der Waals surface area contributed by atoms with Gasteiger partial charge >= 0.3 is 5.69 Å². The number of aromatic nitrogens is 3. The summed E-state index contributed by atoms with van der Waals surface area (Å²) in [5.74, 6) is -1.26. The van der Waals surface area contributed by atoms with Gasteiger partial charge in [-0.1, -0.05) is 66.7 Å². The smallest absolute Gasteiger partial charge is 0.344 e. The fourth-order valence-corrected chi connectivity index (χ4v) is 3.53. The summed E-state index contributed by atoms with van der Waals surface area (Å²) in [7, 11) is 0. The Hall–Kier alpha value is -4.33. The molecule has 1 heterocycles. The number of nitrogens with zero attached hydrogens (tertiary/aromatic N) is 3. The second kappa shape index (κ2) is 9.66. The Morgan fingerprint density at radius 2 is 1.65 bits per heavy atom. The Kier molecular flexibility index (Phi) is 6.49. The third kappa shape index (κ3) is 4.71. The van der Waals surface area contributed by atoms with Crippen molar-refractivity contribution in [1.82, 2.24) is 19.7 Å². The molecule has 1 unspecified atom stereocenters. The average Bonchev–Trinajstić information content (AvgIpc) is 2.85. The Balaban J connectivity index is 1.82. The van der Waals surface area contributed by atoms with Gasteiger partial charge < -0.3 is 5.32 Å². The van der Waals surface area contributed by atoms with Crippen LogP contribution in [0, 0.1) is 12.7 Å². The summed E-state index contributed by atoms with van der Waals surface area (Å²) >= 11 is 0. The second-order valence-electron chi connectivity index (χ2n) is 7.96. The van der Waals surface area contributed by atoms with Gasteiger partial charge in [-0.2, -0.15) is 9.78 Å². The number of halogens is 1. The molecule has 34 heavy (non-hydrogen) atoms. The molecular formula is C26H23FN4O3. The molecule has 0 aliphatic carbocycles. The van der Waals surface area contributed by atoms with Crippen LogP contribution < -0.4 is 16.6 Å². The molecule has 1 aromatic heterocycles. The highest BCUT2D eigenvalue weighted by atomic mass is 19.1. The first-order valence-electron chi connectivity index (χ1n) is 10.8. The summed E-state index contributed by atoms with van der Waals surface area (Å²) in [4.78, 5) is 39.5. The number of benzene rings is 3. The third-order valence-electron chi connectivity index (χ3n) is 5.51. The van der Waals surface area contributed by atoms with E-state index < -0.39 is 34.7 Å². The Morgan fingerprint density at radius 1 is 1.00 bits per heavy atom. The molecule has 0 radical (unpaired) electrons. The zero-order valence-electron chi connectivity index (χ0n) is 18.7. The first-order chi connectivity index (χ1) is 16.3. The van der Waals surface area contributed by atoms with Crippen molar-refractivity contribution >= 4 is 5.91 Å². The summed E-state index contributed by atoms with van der Waals surface area (Å²) < 4.78 is 16.1. The fraction of sp³-hybridized carbons (Fsp3) is 0.154. The number of hydrogen-bond acceptors (Lipinski definition) is 4. The summed E-state index contributed by atoms with van der Waals surface area (Å²) in [5, 5.41) is 6.81. The zero-order chi connectivity index (χ0) is 24.2. The van der Waals surface area contributed by atoms with Crippen molar-refractivity contribution in [2.24, 2.45) is 0 Å². The molecular weight excluding hydrogens is 435 g/mol. The highest BCUT2D eigenvalue weighted by Gasteiger charge is 2.22. The van der Waals surface area contributed by atoms with E-state index in [1.54, 1.807) is 38.1 Å². The van der Waals surface area contributed by atoms with E-state index in [4.69, 9.17) is 0 Å². The van der Waals surface area contributed by atoms with Gasteiger partial charge in [-0.3, -0.25) is 14.2 Å². The first-order valence-corrected chi connectivity index (χ1v) is 10.8. The molecule has 8 heteroatoms. The third-order valence-corrected chi connectivity index (χ3v) is 5.51. The summed E-state index contributed by atoms with van der Waals surface area (Å²) in [6, 6.07) is 21.9. The average molecular weight is 458 g/mol. The van der Waals surface area contributed by atoms with Crippen molar-refractivity contribution in [2.75, 3.05) is 0 Å². The van der Waals surface area contributed by atoms with Gasteiger partial charge in [0.1, 0.15) is 5.82 Å². The van der Waals surface area contributed by atoms with Gasteiger partial charge in [0.25, 0.3) is 11.5 Å². The maximum absolute atomic E-state index is 14.3. The lowest BCUT2D eigenvalue weighted by atomic mass is 10.1. The van der Waals surface area contributed by atoms with Gasteiger partial charge in [0, 0.05) is 6.07 Å². The molecule has 7 nitrogen and oxygen atoms in total. The quantitative estimate of drug-likeness (QED) is 0.480. The van der Waals surface area contributed by atoms with Crippen molar-refractivity contribution < 1.29 is 9.18 Å². The zero-order valence-corrected chi connectivity index (χ0v) is 18.7. The molecule has 4 rings (SSSR count). The van der Waals surface area contributed by atoms with Crippen LogP contribution in [0.1, 0.15) is 40.1 Å². The lowest BCUT2D eigenvalue weighted by Gasteiger charge is -2.16. The molecule has 172 valence electrons. The predicted molar refractivity (Wildman–Crippen MR) is 127 cm³/mol. The Bertz CT molecular complexity index is 1450. The van der Waals surface area contributed by atoms with Crippen molar-refractivity contribution in [3.05, 3.63) is 128 Å². The molecule has 0 aliphatic rings. The van der Waals surface area contributed by atoms with Crippen LogP contribution in [0.4, 0.5) is 4.39 Å². The monoisotopic (exact) mass is 458 g/mol. The molecule has 0 saturated heterocycles. The molecule has 0 bridgehead atoms. The van der Waals surface area contributed by atoms with Crippen LogP contribution in [0.3, 0.4) is 0 Å².